The molecular formula is C14H22O3. The Morgan fingerprint density at radius 1 is 1.29 bits per heavy atom. The van der Waals surface area contributed by atoms with E-state index in [1.165, 1.54) is 6.26 Å². The summed E-state index contributed by atoms with van der Waals surface area (Å²) >= 11 is 0. The van der Waals surface area contributed by atoms with E-state index in [0.717, 1.165) is 12.8 Å². The maximum Gasteiger partial charge on any atom is 0.142 e. The Hall–Kier alpha value is -0.830. The van der Waals surface area contributed by atoms with Gasteiger partial charge < -0.3 is 9.47 Å². The van der Waals surface area contributed by atoms with Crippen LogP contribution in [-0.4, -0.2) is 24.6 Å². The van der Waals surface area contributed by atoms with E-state index in [2.05, 4.69) is 27.4 Å². The Bertz CT molecular complexity index is 347. The van der Waals surface area contributed by atoms with Gasteiger partial charge in [-0.3, -0.25) is 4.79 Å². The van der Waals surface area contributed by atoms with Gasteiger partial charge >= 0.3 is 0 Å². The van der Waals surface area contributed by atoms with Crippen molar-refractivity contribution in [3.8, 4) is 0 Å². The Morgan fingerprint density at radius 3 is 2.47 bits per heavy atom. The summed E-state index contributed by atoms with van der Waals surface area (Å²) in [5.74, 6) is 0.360. The first-order valence-corrected chi connectivity index (χ1v) is 6.29. The molecule has 3 nitrogen and oxygen atoms in total. The molecule has 2 saturated carbocycles. The summed E-state index contributed by atoms with van der Waals surface area (Å²) in [6.45, 7) is 11.0. The number of ether oxygens (including phenoxy) is 2. The molecule has 2 unspecified atom stereocenters. The molecule has 0 aromatic carbocycles. The minimum absolute atomic E-state index is 0.0781. The largest absolute Gasteiger partial charge is 0.499 e. The standard InChI is InChI=1S/C14H22O3/c1-5-16-8-9-17-14-7-6-13(4,11(15)10-14)12(14,2)3/h5H,1,6-10H2,2-4H3. The minimum atomic E-state index is -0.274. The van der Waals surface area contributed by atoms with E-state index in [0.29, 0.717) is 25.4 Å². The van der Waals surface area contributed by atoms with Crippen molar-refractivity contribution in [2.75, 3.05) is 13.2 Å². The molecule has 96 valence electrons. The summed E-state index contributed by atoms with van der Waals surface area (Å²) in [6.07, 6.45) is 3.91. The molecule has 0 aromatic heterocycles. The highest BCUT2D eigenvalue weighted by Crippen LogP contribution is 2.67. The predicted octanol–water partition coefficient (Wildman–Crippen LogP) is 2.70. The van der Waals surface area contributed by atoms with E-state index in [-0.39, 0.29) is 16.4 Å². The molecule has 2 rings (SSSR count). The van der Waals surface area contributed by atoms with Crippen LogP contribution in [0.25, 0.3) is 0 Å². The number of hydrogen-bond acceptors (Lipinski definition) is 3. The SMILES string of the molecule is C=COCCOC12CCC(C)(C(=O)C1)C2(C)C. The van der Waals surface area contributed by atoms with Gasteiger partial charge in [-0.2, -0.15) is 0 Å². The third kappa shape index (κ3) is 1.48. The Labute approximate surface area is 103 Å². The maximum absolute atomic E-state index is 12.1. The molecule has 3 heteroatoms. The van der Waals surface area contributed by atoms with Crippen molar-refractivity contribution in [1.29, 1.82) is 0 Å². The normalized spacial score (nSPS) is 38.4. The van der Waals surface area contributed by atoms with Gasteiger partial charge in [0.05, 0.1) is 18.5 Å². The zero-order valence-corrected chi connectivity index (χ0v) is 11.0. The highest BCUT2D eigenvalue weighted by molar-refractivity contribution is 5.90. The highest BCUT2D eigenvalue weighted by atomic mass is 16.5. The molecule has 2 atom stereocenters. The zero-order chi connectivity index (χ0) is 12.7. The van der Waals surface area contributed by atoms with E-state index < -0.39 is 0 Å². The van der Waals surface area contributed by atoms with Crippen molar-refractivity contribution in [3.05, 3.63) is 12.8 Å². The van der Waals surface area contributed by atoms with E-state index in [4.69, 9.17) is 9.47 Å². The van der Waals surface area contributed by atoms with Gasteiger partial charge in [-0.15, -0.1) is 0 Å². The van der Waals surface area contributed by atoms with Gasteiger partial charge in [-0.25, -0.2) is 0 Å². The van der Waals surface area contributed by atoms with Crippen LogP contribution < -0.4 is 0 Å². The number of carbonyl (C=O) groups is 1. The number of carbonyl (C=O) groups excluding carboxylic acids is 1. The lowest BCUT2D eigenvalue weighted by Crippen LogP contribution is -2.42. The van der Waals surface area contributed by atoms with E-state index >= 15 is 0 Å². The summed E-state index contributed by atoms with van der Waals surface area (Å²) in [7, 11) is 0. The Kier molecular flexibility index (Phi) is 2.85. The van der Waals surface area contributed by atoms with E-state index in [1.807, 2.05) is 0 Å². The van der Waals surface area contributed by atoms with Gasteiger partial charge in [0.2, 0.25) is 0 Å². The number of ketones is 1. The molecule has 0 heterocycles. The topological polar surface area (TPSA) is 35.5 Å². The summed E-state index contributed by atoms with van der Waals surface area (Å²) in [5, 5.41) is 0. The minimum Gasteiger partial charge on any atom is -0.499 e. The van der Waals surface area contributed by atoms with Crippen molar-refractivity contribution in [3.63, 3.8) is 0 Å². The van der Waals surface area contributed by atoms with E-state index in [1.54, 1.807) is 0 Å². The summed E-state index contributed by atoms with van der Waals surface area (Å²) in [5.41, 5.74) is -0.555. The summed E-state index contributed by atoms with van der Waals surface area (Å²) in [6, 6.07) is 0. The highest BCUT2D eigenvalue weighted by Gasteiger charge is 2.70. The van der Waals surface area contributed by atoms with Gasteiger partial charge in [0.1, 0.15) is 12.4 Å². The molecule has 0 spiro atoms. The second kappa shape index (κ2) is 3.84. The van der Waals surface area contributed by atoms with Crippen LogP contribution in [0.3, 0.4) is 0 Å². The van der Waals surface area contributed by atoms with Crippen LogP contribution in [-0.2, 0) is 14.3 Å². The van der Waals surface area contributed by atoms with Crippen molar-refractivity contribution in [2.24, 2.45) is 10.8 Å². The number of rotatable bonds is 5. The van der Waals surface area contributed by atoms with Crippen LogP contribution in [0, 0.1) is 10.8 Å². The first-order chi connectivity index (χ1) is 7.90. The fraction of sp³-hybridized carbons (Fsp3) is 0.786. The molecule has 2 aliphatic rings. The van der Waals surface area contributed by atoms with Gasteiger partial charge in [0.15, 0.2) is 0 Å². The molecule has 2 fully saturated rings. The van der Waals surface area contributed by atoms with Crippen LogP contribution in [0.1, 0.15) is 40.0 Å². The molecular weight excluding hydrogens is 216 g/mol. The fourth-order valence-electron chi connectivity index (χ4n) is 3.50. The van der Waals surface area contributed by atoms with Crippen LogP contribution in [0.15, 0.2) is 12.8 Å². The van der Waals surface area contributed by atoms with Gasteiger partial charge in [-0.1, -0.05) is 27.4 Å². The molecule has 2 aliphatic carbocycles. The molecule has 0 amide bonds. The van der Waals surface area contributed by atoms with Crippen LogP contribution in [0.4, 0.5) is 0 Å². The molecule has 0 radical (unpaired) electrons. The molecule has 0 saturated heterocycles. The average molecular weight is 238 g/mol. The lowest BCUT2D eigenvalue weighted by atomic mass is 9.69. The predicted molar refractivity (Wildman–Crippen MR) is 65.6 cm³/mol. The monoisotopic (exact) mass is 238 g/mol. The third-order valence-electron chi connectivity index (χ3n) is 5.31. The Morgan fingerprint density at radius 2 is 2.00 bits per heavy atom. The molecule has 17 heavy (non-hydrogen) atoms. The van der Waals surface area contributed by atoms with Crippen molar-refractivity contribution < 1.29 is 14.3 Å². The van der Waals surface area contributed by atoms with Gasteiger partial charge in [-0.05, 0) is 12.8 Å². The lowest BCUT2D eigenvalue weighted by molar-refractivity contribution is -0.129. The van der Waals surface area contributed by atoms with Crippen LogP contribution in [0.5, 0.6) is 0 Å². The van der Waals surface area contributed by atoms with Crippen molar-refractivity contribution >= 4 is 5.78 Å². The molecule has 0 N–H and O–H groups in total. The zero-order valence-electron chi connectivity index (χ0n) is 11.0. The van der Waals surface area contributed by atoms with Crippen LogP contribution in [0.2, 0.25) is 0 Å². The second-order valence-corrected chi connectivity index (χ2v) is 5.94. The van der Waals surface area contributed by atoms with Crippen molar-refractivity contribution in [1.82, 2.24) is 0 Å². The first-order valence-electron chi connectivity index (χ1n) is 6.29. The smallest absolute Gasteiger partial charge is 0.142 e. The van der Waals surface area contributed by atoms with Gasteiger partial charge in [0.25, 0.3) is 0 Å². The van der Waals surface area contributed by atoms with Gasteiger partial charge in [0, 0.05) is 17.3 Å². The number of fused-ring (bicyclic) bond motifs is 2. The second-order valence-electron chi connectivity index (χ2n) is 5.94. The Balaban J connectivity index is 2.10. The number of Topliss-reactive ketones (excluding diaryl/α,β-unsaturated/α-hetero) is 1. The third-order valence-corrected chi connectivity index (χ3v) is 5.31. The lowest BCUT2D eigenvalue weighted by Gasteiger charge is -2.39. The fourth-order valence-corrected chi connectivity index (χ4v) is 3.50. The molecule has 2 bridgehead atoms. The first kappa shape index (κ1) is 12.6. The van der Waals surface area contributed by atoms with Crippen molar-refractivity contribution in [2.45, 2.75) is 45.6 Å². The van der Waals surface area contributed by atoms with Crippen LogP contribution >= 0.6 is 0 Å². The quantitative estimate of drug-likeness (QED) is 0.545. The molecule has 0 aliphatic heterocycles. The maximum atomic E-state index is 12.1. The molecule has 0 aromatic rings. The van der Waals surface area contributed by atoms with E-state index in [9.17, 15) is 4.79 Å². The number of hydrogen-bond donors (Lipinski definition) is 0. The average Bonchev–Trinajstić information content (AvgIpc) is 2.55. The summed E-state index contributed by atoms with van der Waals surface area (Å²) in [4.78, 5) is 12.1. The summed E-state index contributed by atoms with van der Waals surface area (Å²) < 4.78 is 11.1.